The number of imide groups is 1. The standard InChI is InChI=1S/C14H13N3O3/c1-17-11(18)7-10(14(17)20)16-13(19)9-4-2-3-8-5-6-15-12(8)9/h2-6,10,15H,7H2,1H3,(H,16,19). The number of rotatable bonds is 2. The highest BCUT2D eigenvalue weighted by Gasteiger charge is 2.37. The summed E-state index contributed by atoms with van der Waals surface area (Å²) in [5.74, 6) is -1.01. The number of carbonyl (C=O) groups excluding carboxylic acids is 3. The molecule has 0 aliphatic carbocycles. The maximum Gasteiger partial charge on any atom is 0.254 e. The molecule has 1 aromatic carbocycles. The van der Waals surface area contributed by atoms with Crippen LogP contribution in [0.25, 0.3) is 10.9 Å². The summed E-state index contributed by atoms with van der Waals surface area (Å²) in [6, 6.07) is 6.44. The molecule has 102 valence electrons. The van der Waals surface area contributed by atoms with Crippen molar-refractivity contribution in [2.45, 2.75) is 12.5 Å². The van der Waals surface area contributed by atoms with E-state index in [0.29, 0.717) is 5.56 Å². The number of hydrogen-bond acceptors (Lipinski definition) is 3. The highest BCUT2D eigenvalue weighted by Crippen LogP contribution is 2.18. The summed E-state index contributed by atoms with van der Waals surface area (Å²) in [6.07, 6.45) is 1.77. The lowest BCUT2D eigenvalue weighted by atomic mass is 10.1. The Hall–Kier alpha value is -2.63. The van der Waals surface area contributed by atoms with Crippen LogP contribution in [-0.4, -0.2) is 40.7 Å². The summed E-state index contributed by atoms with van der Waals surface area (Å²) in [7, 11) is 1.42. The molecule has 2 N–H and O–H groups in total. The second-order valence-corrected chi connectivity index (χ2v) is 4.77. The summed E-state index contributed by atoms with van der Waals surface area (Å²) in [4.78, 5) is 39.5. The molecule has 1 fully saturated rings. The van der Waals surface area contributed by atoms with Gasteiger partial charge in [0.25, 0.3) is 11.8 Å². The van der Waals surface area contributed by atoms with Gasteiger partial charge in [0.1, 0.15) is 6.04 Å². The van der Waals surface area contributed by atoms with Gasteiger partial charge in [0.2, 0.25) is 5.91 Å². The van der Waals surface area contributed by atoms with E-state index in [-0.39, 0.29) is 24.1 Å². The second-order valence-electron chi connectivity index (χ2n) is 4.77. The first-order valence-electron chi connectivity index (χ1n) is 6.25. The zero-order valence-electron chi connectivity index (χ0n) is 10.8. The van der Waals surface area contributed by atoms with Gasteiger partial charge < -0.3 is 10.3 Å². The number of nitrogens with zero attached hydrogens (tertiary/aromatic N) is 1. The number of carbonyl (C=O) groups is 3. The molecular formula is C14H13N3O3. The van der Waals surface area contributed by atoms with Gasteiger partial charge in [0, 0.05) is 18.6 Å². The third kappa shape index (κ3) is 1.85. The maximum absolute atomic E-state index is 12.3. The zero-order valence-corrected chi connectivity index (χ0v) is 10.8. The van der Waals surface area contributed by atoms with Crippen molar-refractivity contribution in [3.05, 3.63) is 36.0 Å². The minimum Gasteiger partial charge on any atom is -0.361 e. The number of aromatic nitrogens is 1. The molecule has 1 saturated heterocycles. The summed E-state index contributed by atoms with van der Waals surface area (Å²) in [5, 5.41) is 3.54. The molecule has 1 unspecified atom stereocenters. The Morgan fingerprint density at radius 2 is 2.15 bits per heavy atom. The van der Waals surface area contributed by atoms with Crippen molar-refractivity contribution in [3.8, 4) is 0 Å². The topological polar surface area (TPSA) is 82.3 Å². The van der Waals surface area contributed by atoms with Crippen LogP contribution in [0.3, 0.4) is 0 Å². The SMILES string of the molecule is CN1C(=O)CC(NC(=O)c2cccc3cc[nH]c23)C1=O. The fourth-order valence-corrected chi connectivity index (χ4v) is 2.38. The Bertz CT molecular complexity index is 719. The smallest absolute Gasteiger partial charge is 0.254 e. The van der Waals surface area contributed by atoms with Gasteiger partial charge in [-0.3, -0.25) is 19.3 Å². The Morgan fingerprint density at radius 3 is 2.85 bits per heavy atom. The first-order chi connectivity index (χ1) is 9.58. The van der Waals surface area contributed by atoms with Crippen molar-refractivity contribution >= 4 is 28.6 Å². The van der Waals surface area contributed by atoms with Gasteiger partial charge in [-0.25, -0.2) is 0 Å². The highest BCUT2D eigenvalue weighted by molar-refractivity contribution is 6.10. The fourth-order valence-electron chi connectivity index (χ4n) is 2.38. The molecule has 1 atom stereocenters. The normalized spacial score (nSPS) is 18.9. The molecule has 0 radical (unpaired) electrons. The summed E-state index contributed by atoms with van der Waals surface area (Å²) < 4.78 is 0. The quantitative estimate of drug-likeness (QED) is 0.787. The van der Waals surface area contributed by atoms with Crippen LogP contribution in [0.1, 0.15) is 16.8 Å². The molecule has 1 aromatic heterocycles. The van der Waals surface area contributed by atoms with Crippen molar-refractivity contribution in [1.29, 1.82) is 0 Å². The molecule has 0 bridgehead atoms. The number of fused-ring (bicyclic) bond motifs is 1. The summed E-state index contributed by atoms with van der Waals surface area (Å²) in [5.41, 5.74) is 1.18. The van der Waals surface area contributed by atoms with E-state index in [0.717, 1.165) is 15.8 Å². The zero-order chi connectivity index (χ0) is 14.3. The lowest BCUT2D eigenvalue weighted by Gasteiger charge is -2.11. The summed E-state index contributed by atoms with van der Waals surface area (Å²) >= 11 is 0. The van der Waals surface area contributed by atoms with Crippen LogP contribution < -0.4 is 5.32 Å². The number of likely N-dealkylation sites (N-methyl/N-ethyl adjacent to an activating group) is 1. The number of hydrogen-bond donors (Lipinski definition) is 2. The number of likely N-dealkylation sites (tertiary alicyclic amines) is 1. The number of benzene rings is 1. The maximum atomic E-state index is 12.3. The van der Waals surface area contributed by atoms with E-state index in [1.54, 1.807) is 18.3 Å². The first kappa shape index (κ1) is 12.4. The third-order valence-electron chi connectivity index (χ3n) is 3.52. The van der Waals surface area contributed by atoms with Gasteiger partial charge in [0.05, 0.1) is 17.5 Å². The second kappa shape index (κ2) is 4.48. The molecule has 6 heteroatoms. The van der Waals surface area contributed by atoms with E-state index in [9.17, 15) is 14.4 Å². The fraction of sp³-hybridized carbons (Fsp3) is 0.214. The predicted molar refractivity (Wildman–Crippen MR) is 71.9 cm³/mol. The van der Waals surface area contributed by atoms with Gasteiger partial charge in [0.15, 0.2) is 0 Å². The van der Waals surface area contributed by atoms with Crippen LogP contribution in [0.15, 0.2) is 30.5 Å². The third-order valence-corrected chi connectivity index (χ3v) is 3.52. The highest BCUT2D eigenvalue weighted by atomic mass is 16.2. The van der Waals surface area contributed by atoms with Crippen molar-refractivity contribution in [3.63, 3.8) is 0 Å². The van der Waals surface area contributed by atoms with Crippen molar-refractivity contribution in [1.82, 2.24) is 15.2 Å². The molecule has 20 heavy (non-hydrogen) atoms. The number of nitrogens with one attached hydrogen (secondary N) is 2. The molecule has 1 aliphatic rings. The Kier molecular flexibility index (Phi) is 2.78. The average molecular weight is 271 g/mol. The van der Waals surface area contributed by atoms with E-state index < -0.39 is 6.04 Å². The molecule has 0 spiro atoms. The van der Waals surface area contributed by atoms with E-state index in [2.05, 4.69) is 10.3 Å². The molecule has 3 amide bonds. The number of para-hydroxylation sites is 1. The van der Waals surface area contributed by atoms with Gasteiger partial charge in [-0.1, -0.05) is 12.1 Å². The van der Waals surface area contributed by atoms with Crippen molar-refractivity contribution in [2.24, 2.45) is 0 Å². The van der Waals surface area contributed by atoms with Crippen LogP contribution in [0.2, 0.25) is 0 Å². The predicted octanol–water partition coefficient (Wildman–Crippen LogP) is 0.655. The molecule has 0 saturated carbocycles. The Labute approximate surface area is 114 Å². The van der Waals surface area contributed by atoms with E-state index in [4.69, 9.17) is 0 Å². The molecule has 2 aromatic rings. The van der Waals surface area contributed by atoms with Crippen LogP contribution in [0.4, 0.5) is 0 Å². The lowest BCUT2D eigenvalue weighted by molar-refractivity contribution is -0.137. The summed E-state index contributed by atoms with van der Waals surface area (Å²) in [6.45, 7) is 0. The van der Waals surface area contributed by atoms with Crippen LogP contribution in [0.5, 0.6) is 0 Å². The molecule has 2 heterocycles. The monoisotopic (exact) mass is 271 g/mol. The van der Waals surface area contributed by atoms with E-state index >= 15 is 0 Å². The van der Waals surface area contributed by atoms with Gasteiger partial charge in [-0.2, -0.15) is 0 Å². The largest absolute Gasteiger partial charge is 0.361 e. The van der Waals surface area contributed by atoms with Gasteiger partial charge in [-0.05, 0) is 12.1 Å². The van der Waals surface area contributed by atoms with Gasteiger partial charge in [-0.15, -0.1) is 0 Å². The van der Waals surface area contributed by atoms with E-state index in [1.807, 2.05) is 12.1 Å². The van der Waals surface area contributed by atoms with Crippen LogP contribution in [-0.2, 0) is 9.59 Å². The molecule has 3 rings (SSSR count). The molecule has 6 nitrogen and oxygen atoms in total. The number of H-pyrrole nitrogens is 1. The van der Waals surface area contributed by atoms with Crippen LogP contribution >= 0.6 is 0 Å². The first-order valence-corrected chi connectivity index (χ1v) is 6.25. The van der Waals surface area contributed by atoms with Gasteiger partial charge >= 0.3 is 0 Å². The number of aromatic amines is 1. The minimum absolute atomic E-state index is 0.0157. The average Bonchev–Trinajstić information content (AvgIpc) is 3.00. The van der Waals surface area contributed by atoms with E-state index in [1.165, 1.54) is 7.05 Å². The van der Waals surface area contributed by atoms with Crippen molar-refractivity contribution < 1.29 is 14.4 Å². The number of amides is 3. The molecule has 1 aliphatic heterocycles. The Balaban J connectivity index is 1.85. The van der Waals surface area contributed by atoms with Crippen LogP contribution in [0, 0.1) is 0 Å². The Morgan fingerprint density at radius 1 is 1.35 bits per heavy atom. The van der Waals surface area contributed by atoms with Crippen molar-refractivity contribution in [2.75, 3.05) is 7.05 Å². The minimum atomic E-state index is -0.773. The molecular weight excluding hydrogens is 258 g/mol. The lowest BCUT2D eigenvalue weighted by Crippen LogP contribution is -2.40.